The molecule has 0 aliphatic rings. The number of hydrogen-bond acceptors (Lipinski definition) is 4. The highest BCUT2D eigenvalue weighted by molar-refractivity contribution is 6.08. The first-order chi connectivity index (χ1) is 8.20. The number of ketones is 1. The molecule has 0 atom stereocenters. The third-order valence-corrected chi connectivity index (χ3v) is 2.35. The molecule has 0 aliphatic carbocycles. The molecule has 0 bridgehead atoms. The molecule has 2 heterocycles. The van der Waals surface area contributed by atoms with Gasteiger partial charge in [0.1, 0.15) is 5.75 Å². The molecule has 0 saturated carbocycles. The fraction of sp³-hybridized carbons (Fsp3) is 0.154. The van der Waals surface area contributed by atoms with Crippen molar-refractivity contribution in [2.45, 2.75) is 6.92 Å². The number of ether oxygens (including phenoxy) is 1. The number of nitrogens with zero attached hydrogens (tertiary/aromatic N) is 2. The van der Waals surface area contributed by atoms with Gasteiger partial charge < -0.3 is 4.74 Å². The maximum atomic E-state index is 12.1. The Labute approximate surface area is 99.3 Å². The zero-order valence-corrected chi connectivity index (χ0v) is 9.68. The number of hydrogen-bond donors (Lipinski definition) is 0. The molecule has 4 nitrogen and oxygen atoms in total. The minimum absolute atomic E-state index is 0.104. The molecule has 0 aromatic carbocycles. The van der Waals surface area contributed by atoms with E-state index in [0.29, 0.717) is 16.9 Å². The van der Waals surface area contributed by atoms with Gasteiger partial charge in [-0.25, -0.2) is 0 Å². The summed E-state index contributed by atoms with van der Waals surface area (Å²) in [6.45, 7) is 1.90. The second-order valence-electron chi connectivity index (χ2n) is 3.69. The van der Waals surface area contributed by atoms with E-state index in [0.717, 1.165) is 5.56 Å². The van der Waals surface area contributed by atoms with Crippen molar-refractivity contribution in [1.82, 2.24) is 9.97 Å². The third-order valence-electron chi connectivity index (χ3n) is 2.35. The van der Waals surface area contributed by atoms with Gasteiger partial charge in [-0.05, 0) is 24.6 Å². The van der Waals surface area contributed by atoms with Gasteiger partial charge in [-0.1, -0.05) is 0 Å². The van der Waals surface area contributed by atoms with E-state index in [1.54, 1.807) is 37.8 Å². The molecular weight excluding hydrogens is 216 g/mol. The lowest BCUT2D eigenvalue weighted by Crippen LogP contribution is -2.03. The van der Waals surface area contributed by atoms with Crippen molar-refractivity contribution < 1.29 is 9.53 Å². The number of methoxy groups -OCH3 is 1. The maximum absolute atomic E-state index is 12.1. The molecule has 86 valence electrons. The average molecular weight is 228 g/mol. The summed E-state index contributed by atoms with van der Waals surface area (Å²) < 4.78 is 5.03. The normalized spacial score (nSPS) is 10.0. The van der Waals surface area contributed by atoms with Crippen LogP contribution in [0.1, 0.15) is 21.5 Å². The van der Waals surface area contributed by atoms with Crippen LogP contribution in [0.5, 0.6) is 5.75 Å². The standard InChI is InChI=1S/C13H12N2O2/c1-9-3-10(6-14-5-9)13(16)11-4-12(17-2)8-15-7-11/h3-8H,1-2H3. The van der Waals surface area contributed by atoms with Gasteiger partial charge in [0.05, 0.1) is 13.3 Å². The SMILES string of the molecule is COc1cncc(C(=O)c2cncc(C)c2)c1. The molecule has 2 aromatic rings. The van der Waals surface area contributed by atoms with Gasteiger partial charge in [0.25, 0.3) is 0 Å². The van der Waals surface area contributed by atoms with Crippen LogP contribution in [-0.2, 0) is 0 Å². The van der Waals surface area contributed by atoms with Crippen LogP contribution in [0, 0.1) is 6.92 Å². The molecule has 0 radical (unpaired) electrons. The number of rotatable bonds is 3. The van der Waals surface area contributed by atoms with E-state index < -0.39 is 0 Å². The Morgan fingerprint density at radius 2 is 1.71 bits per heavy atom. The van der Waals surface area contributed by atoms with Gasteiger partial charge >= 0.3 is 0 Å². The van der Waals surface area contributed by atoms with Gasteiger partial charge in [0, 0.05) is 29.7 Å². The van der Waals surface area contributed by atoms with Crippen molar-refractivity contribution in [3.63, 3.8) is 0 Å². The van der Waals surface area contributed by atoms with E-state index in [1.165, 1.54) is 6.20 Å². The van der Waals surface area contributed by atoms with Crippen LogP contribution in [0.15, 0.2) is 36.9 Å². The number of pyridine rings is 2. The molecule has 0 spiro atoms. The molecule has 2 aromatic heterocycles. The predicted molar refractivity (Wildman–Crippen MR) is 63.2 cm³/mol. The van der Waals surface area contributed by atoms with Crippen LogP contribution in [0.2, 0.25) is 0 Å². The van der Waals surface area contributed by atoms with Crippen molar-refractivity contribution in [3.05, 3.63) is 53.6 Å². The Morgan fingerprint density at radius 3 is 2.35 bits per heavy atom. The predicted octanol–water partition coefficient (Wildman–Crippen LogP) is 2.02. The molecule has 0 aliphatic heterocycles. The highest BCUT2D eigenvalue weighted by atomic mass is 16.5. The third kappa shape index (κ3) is 2.47. The summed E-state index contributed by atoms with van der Waals surface area (Å²) >= 11 is 0. The maximum Gasteiger partial charge on any atom is 0.196 e. The molecule has 0 unspecified atom stereocenters. The fourth-order valence-corrected chi connectivity index (χ4v) is 1.50. The smallest absolute Gasteiger partial charge is 0.196 e. The Kier molecular flexibility index (Phi) is 3.14. The van der Waals surface area contributed by atoms with E-state index in [4.69, 9.17) is 4.74 Å². The van der Waals surface area contributed by atoms with E-state index >= 15 is 0 Å². The van der Waals surface area contributed by atoms with Crippen LogP contribution < -0.4 is 4.74 Å². The monoisotopic (exact) mass is 228 g/mol. The average Bonchev–Trinajstić information content (AvgIpc) is 2.38. The number of aromatic nitrogens is 2. The van der Waals surface area contributed by atoms with Crippen LogP contribution >= 0.6 is 0 Å². The van der Waals surface area contributed by atoms with Crippen LogP contribution in [0.25, 0.3) is 0 Å². The minimum Gasteiger partial charge on any atom is -0.495 e. The largest absolute Gasteiger partial charge is 0.495 e. The van der Waals surface area contributed by atoms with Crippen molar-refractivity contribution in [2.24, 2.45) is 0 Å². The Balaban J connectivity index is 2.36. The lowest BCUT2D eigenvalue weighted by molar-refractivity contribution is 0.103. The summed E-state index contributed by atoms with van der Waals surface area (Å²) in [4.78, 5) is 20.1. The number of aryl methyl sites for hydroxylation is 1. The van der Waals surface area contributed by atoms with Gasteiger partial charge in [0.15, 0.2) is 5.78 Å². The molecule has 0 saturated heterocycles. The molecule has 17 heavy (non-hydrogen) atoms. The lowest BCUT2D eigenvalue weighted by Gasteiger charge is -2.03. The first kappa shape index (κ1) is 11.3. The highest BCUT2D eigenvalue weighted by Gasteiger charge is 2.10. The molecule has 0 fully saturated rings. The summed E-state index contributed by atoms with van der Waals surface area (Å²) in [7, 11) is 1.54. The second kappa shape index (κ2) is 4.74. The Morgan fingerprint density at radius 1 is 1.06 bits per heavy atom. The summed E-state index contributed by atoms with van der Waals surface area (Å²) in [6.07, 6.45) is 6.34. The summed E-state index contributed by atoms with van der Waals surface area (Å²) in [6, 6.07) is 3.46. The van der Waals surface area contributed by atoms with Crippen LogP contribution in [0.3, 0.4) is 0 Å². The van der Waals surface area contributed by atoms with Gasteiger partial charge in [-0.2, -0.15) is 0 Å². The highest BCUT2D eigenvalue weighted by Crippen LogP contribution is 2.14. The van der Waals surface area contributed by atoms with E-state index in [9.17, 15) is 4.79 Å². The van der Waals surface area contributed by atoms with Crippen molar-refractivity contribution in [1.29, 1.82) is 0 Å². The van der Waals surface area contributed by atoms with Gasteiger partial charge in [-0.3, -0.25) is 14.8 Å². The molecule has 2 rings (SSSR count). The fourth-order valence-electron chi connectivity index (χ4n) is 1.50. The first-order valence-electron chi connectivity index (χ1n) is 5.16. The van der Waals surface area contributed by atoms with Crippen LogP contribution in [0.4, 0.5) is 0 Å². The van der Waals surface area contributed by atoms with E-state index in [-0.39, 0.29) is 5.78 Å². The zero-order chi connectivity index (χ0) is 12.3. The quantitative estimate of drug-likeness (QED) is 0.754. The first-order valence-corrected chi connectivity index (χ1v) is 5.16. The molecule has 4 heteroatoms. The zero-order valence-electron chi connectivity index (χ0n) is 9.68. The number of carbonyl (C=O) groups is 1. The van der Waals surface area contributed by atoms with Crippen LogP contribution in [-0.4, -0.2) is 22.9 Å². The minimum atomic E-state index is -0.104. The summed E-state index contributed by atoms with van der Waals surface area (Å²) in [5, 5.41) is 0. The van der Waals surface area contributed by atoms with Gasteiger partial charge in [0.2, 0.25) is 0 Å². The Hall–Kier alpha value is -2.23. The van der Waals surface area contributed by atoms with Crippen molar-refractivity contribution >= 4 is 5.78 Å². The molecule has 0 amide bonds. The molecular formula is C13H12N2O2. The van der Waals surface area contributed by atoms with Crippen molar-refractivity contribution in [3.8, 4) is 5.75 Å². The van der Waals surface area contributed by atoms with E-state index in [2.05, 4.69) is 9.97 Å². The second-order valence-corrected chi connectivity index (χ2v) is 3.69. The Bertz CT molecular complexity index is 553. The van der Waals surface area contributed by atoms with E-state index in [1.807, 2.05) is 6.92 Å². The van der Waals surface area contributed by atoms with Crippen molar-refractivity contribution in [2.75, 3.05) is 7.11 Å². The topological polar surface area (TPSA) is 52.1 Å². The molecule has 0 N–H and O–H groups in total. The summed E-state index contributed by atoms with van der Waals surface area (Å²) in [5.74, 6) is 0.462. The van der Waals surface area contributed by atoms with Gasteiger partial charge in [-0.15, -0.1) is 0 Å². The number of carbonyl (C=O) groups excluding carboxylic acids is 1. The lowest BCUT2D eigenvalue weighted by atomic mass is 10.1. The summed E-state index contributed by atoms with van der Waals surface area (Å²) in [5.41, 5.74) is 2.00.